The molecule has 0 aromatic heterocycles. The van der Waals surface area contributed by atoms with Gasteiger partial charge >= 0.3 is 0 Å². The van der Waals surface area contributed by atoms with Crippen LogP contribution in [0.25, 0.3) is 0 Å². The van der Waals surface area contributed by atoms with Gasteiger partial charge < -0.3 is 0 Å². The van der Waals surface area contributed by atoms with Crippen LogP contribution in [0.3, 0.4) is 0 Å². The van der Waals surface area contributed by atoms with E-state index in [2.05, 4.69) is 12.1 Å². The van der Waals surface area contributed by atoms with Crippen molar-refractivity contribution in [2.75, 3.05) is 0 Å². The van der Waals surface area contributed by atoms with E-state index in [-0.39, 0.29) is 0 Å². The molecule has 0 aliphatic carbocycles. The molecule has 1 aromatic carbocycles. The number of hydrogen-bond donors (Lipinski definition) is 0. The summed E-state index contributed by atoms with van der Waals surface area (Å²) >= 11 is 0. The number of carbonyl (C=O) groups is 1. The Morgan fingerprint density at radius 1 is 1.31 bits per heavy atom. The van der Waals surface area contributed by atoms with Crippen LogP contribution in [-0.4, -0.2) is 6.29 Å². The van der Waals surface area contributed by atoms with Gasteiger partial charge in [-0.2, -0.15) is 0 Å². The van der Waals surface area contributed by atoms with E-state index in [9.17, 15) is 4.79 Å². The molecule has 13 heavy (non-hydrogen) atoms. The molecule has 0 unspecified atom stereocenters. The summed E-state index contributed by atoms with van der Waals surface area (Å²) < 4.78 is 0. The van der Waals surface area contributed by atoms with E-state index < -0.39 is 0 Å². The molecule has 0 saturated heterocycles. The maximum absolute atomic E-state index is 10.5. The van der Waals surface area contributed by atoms with Gasteiger partial charge in [-0.15, -0.1) is 0 Å². The monoisotopic (exact) mass is 174 g/mol. The van der Waals surface area contributed by atoms with Gasteiger partial charge in [0.25, 0.3) is 0 Å². The Morgan fingerprint density at radius 3 is 2.54 bits per heavy atom. The smallest absolute Gasteiger partial charge is 0.145 e. The van der Waals surface area contributed by atoms with Crippen LogP contribution in [0.4, 0.5) is 0 Å². The van der Waals surface area contributed by atoms with E-state index in [1.807, 2.05) is 31.2 Å². The summed E-state index contributed by atoms with van der Waals surface area (Å²) in [4.78, 5) is 10.5. The molecule has 1 nitrogen and oxygen atoms in total. The Kier molecular flexibility index (Phi) is 3.97. The van der Waals surface area contributed by atoms with Gasteiger partial charge in [0.05, 0.1) is 0 Å². The molecule has 1 rings (SSSR count). The van der Waals surface area contributed by atoms with Crippen LogP contribution < -0.4 is 0 Å². The molecule has 0 aliphatic rings. The minimum Gasteiger partial charge on any atom is -0.298 e. The fourth-order valence-electron chi connectivity index (χ4n) is 1.14. The first-order valence-electron chi connectivity index (χ1n) is 4.55. The van der Waals surface area contributed by atoms with Crippen molar-refractivity contribution < 1.29 is 4.79 Å². The molecule has 0 aliphatic heterocycles. The SMILES string of the molecule is CCC(C=O)=CCc1ccccc1. The van der Waals surface area contributed by atoms with Crippen molar-refractivity contribution in [2.24, 2.45) is 0 Å². The average Bonchev–Trinajstić information content (AvgIpc) is 2.21. The first-order valence-corrected chi connectivity index (χ1v) is 4.55. The molecule has 0 spiro atoms. The van der Waals surface area contributed by atoms with E-state index in [1.165, 1.54) is 5.56 Å². The third kappa shape index (κ3) is 3.24. The highest BCUT2D eigenvalue weighted by Crippen LogP contribution is 2.03. The molecule has 0 radical (unpaired) electrons. The zero-order valence-electron chi connectivity index (χ0n) is 7.86. The van der Waals surface area contributed by atoms with Crippen molar-refractivity contribution in [1.82, 2.24) is 0 Å². The Balaban J connectivity index is 2.60. The summed E-state index contributed by atoms with van der Waals surface area (Å²) in [5.41, 5.74) is 2.12. The zero-order valence-corrected chi connectivity index (χ0v) is 7.86. The first kappa shape index (κ1) is 9.72. The fraction of sp³-hybridized carbons (Fsp3) is 0.250. The molecule has 0 bridgehead atoms. The van der Waals surface area contributed by atoms with Gasteiger partial charge in [-0.05, 0) is 24.0 Å². The van der Waals surface area contributed by atoms with Crippen LogP contribution in [0.5, 0.6) is 0 Å². The predicted octanol–water partition coefficient (Wildman–Crippen LogP) is 2.76. The molecule has 0 heterocycles. The molecule has 0 amide bonds. The summed E-state index contributed by atoms with van der Waals surface area (Å²) in [7, 11) is 0. The van der Waals surface area contributed by atoms with Crippen LogP contribution in [0.1, 0.15) is 18.9 Å². The van der Waals surface area contributed by atoms with E-state index >= 15 is 0 Å². The molecule has 68 valence electrons. The van der Waals surface area contributed by atoms with Crippen molar-refractivity contribution in [2.45, 2.75) is 19.8 Å². The lowest BCUT2D eigenvalue weighted by Crippen LogP contribution is -1.85. The molecular formula is C12H14O. The number of allylic oxidation sites excluding steroid dienone is 2. The Bertz CT molecular complexity index is 285. The van der Waals surface area contributed by atoms with E-state index in [0.29, 0.717) is 0 Å². The van der Waals surface area contributed by atoms with E-state index in [1.54, 1.807) is 0 Å². The maximum atomic E-state index is 10.5. The number of hydrogen-bond acceptors (Lipinski definition) is 1. The molecule has 0 fully saturated rings. The van der Waals surface area contributed by atoms with Crippen molar-refractivity contribution in [3.8, 4) is 0 Å². The fourth-order valence-corrected chi connectivity index (χ4v) is 1.14. The average molecular weight is 174 g/mol. The van der Waals surface area contributed by atoms with Crippen molar-refractivity contribution in [3.63, 3.8) is 0 Å². The van der Waals surface area contributed by atoms with E-state index in [4.69, 9.17) is 0 Å². The second-order valence-electron chi connectivity index (χ2n) is 2.94. The second-order valence-corrected chi connectivity index (χ2v) is 2.94. The van der Waals surface area contributed by atoms with Crippen molar-refractivity contribution in [1.29, 1.82) is 0 Å². The minimum atomic E-state index is 0.816. The molecule has 0 N–H and O–H groups in total. The summed E-state index contributed by atoms with van der Waals surface area (Å²) in [6.07, 6.45) is 4.59. The third-order valence-corrected chi connectivity index (χ3v) is 2.00. The number of aldehydes is 1. The van der Waals surface area contributed by atoms with Gasteiger partial charge in [-0.3, -0.25) is 4.79 Å². The van der Waals surface area contributed by atoms with Crippen molar-refractivity contribution in [3.05, 3.63) is 47.5 Å². The zero-order chi connectivity index (χ0) is 9.52. The molecule has 0 saturated carbocycles. The normalized spacial score (nSPS) is 11.3. The summed E-state index contributed by atoms with van der Waals surface area (Å²) in [5.74, 6) is 0. The van der Waals surface area contributed by atoms with Crippen LogP contribution in [0.2, 0.25) is 0 Å². The highest BCUT2D eigenvalue weighted by atomic mass is 16.1. The van der Waals surface area contributed by atoms with Crippen LogP contribution in [-0.2, 0) is 11.2 Å². The number of rotatable bonds is 4. The molecule has 1 heteroatoms. The lowest BCUT2D eigenvalue weighted by Gasteiger charge is -1.96. The molecule has 0 atom stereocenters. The standard InChI is InChI=1S/C12H14O/c1-2-11(10-13)8-9-12-6-4-3-5-7-12/h3-8,10H,2,9H2,1H3. The first-order chi connectivity index (χ1) is 6.36. The Morgan fingerprint density at radius 2 is 2.00 bits per heavy atom. The highest BCUT2D eigenvalue weighted by molar-refractivity contribution is 5.72. The highest BCUT2D eigenvalue weighted by Gasteiger charge is 1.91. The van der Waals surface area contributed by atoms with Crippen molar-refractivity contribution >= 4 is 6.29 Å². The lowest BCUT2D eigenvalue weighted by atomic mass is 10.1. The summed E-state index contributed by atoms with van der Waals surface area (Å²) in [6, 6.07) is 10.1. The van der Waals surface area contributed by atoms with E-state index in [0.717, 1.165) is 24.7 Å². The second kappa shape index (κ2) is 5.31. The Hall–Kier alpha value is -1.37. The number of benzene rings is 1. The molecule has 1 aromatic rings. The Labute approximate surface area is 79.1 Å². The summed E-state index contributed by atoms with van der Waals surface area (Å²) in [6.45, 7) is 1.99. The van der Waals surface area contributed by atoms with Crippen LogP contribution in [0, 0.1) is 0 Å². The topological polar surface area (TPSA) is 17.1 Å². The van der Waals surface area contributed by atoms with Gasteiger partial charge in [0, 0.05) is 0 Å². The van der Waals surface area contributed by atoms with Gasteiger partial charge in [0.1, 0.15) is 6.29 Å². The maximum Gasteiger partial charge on any atom is 0.145 e. The summed E-state index contributed by atoms with van der Waals surface area (Å²) in [5, 5.41) is 0. The van der Waals surface area contributed by atoms with Gasteiger partial charge in [0.2, 0.25) is 0 Å². The lowest BCUT2D eigenvalue weighted by molar-refractivity contribution is -0.105. The minimum absolute atomic E-state index is 0.816. The molecular weight excluding hydrogens is 160 g/mol. The van der Waals surface area contributed by atoms with Gasteiger partial charge in [-0.1, -0.05) is 43.3 Å². The van der Waals surface area contributed by atoms with Crippen LogP contribution >= 0.6 is 0 Å². The van der Waals surface area contributed by atoms with Gasteiger partial charge in [0.15, 0.2) is 0 Å². The number of carbonyl (C=O) groups excluding carboxylic acids is 1. The predicted molar refractivity (Wildman–Crippen MR) is 54.6 cm³/mol. The third-order valence-electron chi connectivity index (χ3n) is 2.00. The van der Waals surface area contributed by atoms with Gasteiger partial charge in [-0.25, -0.2) is 0 Å². The largest absolute Gasteiger partial charge is 0.298 e. The quantitative estimate of drug-likeness (QED) is 0.506. The van der Waals surface area contributed by atoms with Crippen LogP contribution in [0.15, 0.2) is 42.0 Å².